The van der Waals surface area contributed by atoms with Gasteiger partial charge >= 0.3 is 5.95 Å². The third-order valence-electron chi connectivity index (χ3n) is 3.60. The molecule has 0 aliphatic heterocycles. The van der Waals surface area contributed by atoms with E-state index in [1.807, 2.05) is 64.8 Å². The molecule has 0 saturated carbocycles. The lowest BCUT2D eigenvalue weighted by Gasteiger charge is -2.22. The summed E-state index contributed by atoms with van der Waals surface area (Å²) in [6.45, 7) is 1.22. The predicted octanol–water partition coefficient (Wildman–Crippen LogP) is 2.90. The van der Waals surface area contributed by atoms with Crippen LogP contribution in [0.1, 0.15) is 12.8 Å². The predicted molar refractivity (Wildman–Crippen MR) is 89.9 cm³/mol. The zero-order valence-electron chi connectivity index (χ0n) is 13.9. The second-order valence-electron chi connectivity index (χ2n) is 5.34. The highest BCUT2D eigenvalue weighted by molar-refractivity contribution is 5.52. The number of hydrogen-bond donors (Lipinski definition) is 0. The van der Waals surface area contributed by atoms with Crippen LogP contribution in [0.4, 0.5) is 17.3 Å². The summed E-state index contributed by atoms with van der Waals surface area (Å²) in [7, 11) is 3.83. The van der Waals surface area contributed by atoms with Crippen LogP contribution in [0.25, 0.3) is 0 Å². The Hall–Kier alpha value is -3.19. The molecule has 0 amide bonds. The first kappa shape index (κ1) is 17.2. The molecular formula is C17H20N7+. The lowest BCUT2D eigenvalue weighted by atomic mass is 10.2. The lowest BCUT2D eigenvalue weighted by molar-refractivity contribution is -0.657. The van der Waals surface area contributed by atoms with Gasteiger partial charge in [0.1, 0.15) is 5.69 Å². The molecule has 0 N–H and O–H groups in total. The quantitative estimate of drug-likeness (QED) is 0.580. The Labute approximate surface area is 141 Å². The number of anilines is 1. The summed E-state index contributed by atoms with van der Waals surface area (Å²) in [6, 6.07) is 11.9. The van der Waals surface area contributed by atoms with Crippen molar-refractivity contribution in [3.63, 3.8) is 0 Å². The fourth-order valence-corrected chi connectivity index (χ4v) is 2.30. The van der Waals surface area contributed by atoms with Gasteiger partial charge in [-0.2, -0.15) is 10.5 Å². The van der Waals surface area contributed by atoms with Gasteiger partial charge in [0.05, 0.1) is 51.5 Å². The molecule has 0 spiro atoms. The number of hydrogen-bond acceptors (Lipinski definition) is 5. The van der Waals surface area contributed by atoms with E-state index in [9.17, 15) is 0 Å². The van der Waals surface area contributed by atoms with E-state index < -0.39 is 0 Å². The smallest absolute Gasteiger partial charge is 0.369 e. The molecule has 0 unspecified atom stereocenters. The lowest BCUT2D eigenvalue weighted by Crippen LogP contribution is -2.25. The van der Waals surface area contributed by atoms with E-state index in [0.29, 0.717) is 25.9 Å². The highest BCUT2D eigenvalue weighted by atomic mass is 15.3. The van der Waals surface area contributed by atoms with Gasteiger partial charge in [-0.05, 0) is 24.3 Å². The fourth-order valence-electron chi connectivity index (χ4n) is 2.30. The van der Waals surface area contributed by atoms with Crippen molar-refractivity contribution in [2.75, 3.05) is 18.0 Å². The molecule has 0 saturated heterocycles. The Morgan fingerprint density at radius 2 is 1.71 bits per heavy atom. The summed E-state index contributed by atoms with van der Waals surface area (Å²) in [5, 5.41) is 26.0. The number of nitriles is 2. The third-order valence-corrected chi connectivity index (χ3v) is 3.60. The van der Waals surface area contributed by atoms with E-state index in [2.05, 4.69) is 22.4 Å². The van der Waals surface area contributed by atoms with Crippen molar-refractivity contribution in [3.8, 4) is 12.1 Å². The van der Waals surface area contributed by atoms with E-state index in [-0.39, 0.29) is 0 Å². The summed E-state index contributed by atoms with van der Waals surface area (Å²) in [5.41, 5.74) is 1.73. The van der Waals surface area contributed by atoms with Crippen molar-refractivity contribution in [3.05, 3.63) is 36.7 Å². The van der Waals surface area contributed by atoms with E-state index in [1.165, 1.54) is 0 Å². The van der Waals surface area contributed by atoms with Gasteiger partial charge in [-0.1, -0.05) is 5.11 Å². The molecule has 1 aromatic carbocycles. The van der Waals surface area contributed by atoms with Gasteiger partial charge in [-0.15, -0.1) is 0 Å². The highest BCUT2D eigenvalue weighted by Gasteiger charge is 2.10. The Balaban J connectivity index is 2.11. The zero-order chi connectivity index (χ0) is 17.4. The number of aryl methyl sites for hydroxylation is 2. The topological polar surface area (TPSA) is 84.3 Å². The Kier molecular flexibility index (Phi) is 6.04. The van der Waals surface area contributed by atoms with Crippen molar-refractivity contribution in [2.24, 2.45) is 24.3 Å². The highest BCUT2D eigenvalue weighted by Crippen LogP contribution is 2.21. The van der Waals surface area contributed by atoms with E-state index in [0.717, 1.165) is 17.3 Å². The first-order valence-corrected chi connectivity index (χ1v) is 7.67. The molecule has 24 heavy (non-hydrogen) atoms. The van der Waals surface area contributed by atoms with Gasteiger partial charge in [-0.25, -0.2) is 9.13 Å². The molecule has 0 aliphatic rings. The van der Waals surface area contributed by atoms with E-state index >= 15 is 0 Å². The van der Waals surface area contributed by atoms with Crippen molar-refractivity contribution in [2.45, 2.75) is 12.8 Å². The minimum absolute atomic E-state index is 0.427. The van der Waals surface area contributed by atoms with Crippen LogP contribution in [0.3, 0.4) is 0 Å². The zero-order valence-corrected chi connectivity index (χ0v) is 13.9. The summed E-state index contributed by atoms with van der Waals surface area (Å²) in [6.07, 6.45) is 4.69. The van der Waals surface area contributed by atoms with Crippen molar-refractivity contribution < 1.29 is 4.57 Å². The molecule has 0 aliphatic carbocycles. The van der Waals surface area contributed by atoms with Gasteiger partial charge in [0.25, 0.3) is 0 Å². The molecule has 0 fully saturated rings. The molecule has 2 aromatic rings. The number of azo groups is 1. The maximum absolute atomic E-state index is 8.76. The third kappa shape index (κ3) is 4.40. The monoisotopic (exact) mass is 322 g/mol. The first-order valence-electron chi connectivity index (χ1n) is 7.67. The first-order chi connectivity index (χ1) is 11.7. The second kappa shape index (κ2) is 8.44. The Bertz CT molecular complexity index is 737. The molecule has 0 bridgehead atoms. The standard InChI is InChI=1S/C17H20N7/c1-22-13-14-23(2)17(22)21-20-15-5-7-16(8-6-15)24(11-3-9-18)12-4-10-19/h5-8,13-14H,3-4,11-12H2,1-2H3/q+1. The molecule has 0 radical (unpaired) electrons. The minimum Gasteiger partial charge on any atom is -0.369 e. The van der Waals surface area contributed by atoms with Crippen molar-refractivity contribution in [1.29, 1.82) is 10.5 Å². The molecule has 7 heteroatoms. The van der Waals surface area contributed by atoms with Crippen LogP contribution in [0, 0.1) is 22.7 Å². The largest absolute Gasteiger partial charge is 0.421 e. The SMILES string of the molecule is Cn1cc[n+](C)c1N=Nc1ccc(N(CCC#N)CCC#N)cc1. The molecular weight excluding hydrogens is 302 g/mol. The Morgan fingerprint density at radius 1 is 1.08 bits per heavy atom. The molecule has 7 nitrogen and oxygen atoms in total. The maximum Gasteiger partial charge on any atom is 0.421 e. The minimum atomic E-state index is 0.427. The average molecular weight is 322 g/mol. The number of aromatic nitrogens is 2. The van der Waals surface area contributed by atoms with Crippen LogP contribution in [-0.2, 0) is 14.1 Å². The second-order valence-corrected chi connectivity index (χ2v) is 5.34. The average Bonchev–Trinajstić information content (AvgIpc) is 2.92. The van der Waals surface area contributed by atoms with Crippen LogP contribution in [0.2, 0.25) is 0 Å². The van der Waals surface area contributed by atoms with Gasteiger partial charge in [-0.3, -0.25) is 0 Å². The van der Waals surface area contributed by atoms with Gasteiger partial charge in [0, 0.05) is 23.9 Å². The molecule has 1 aromatic heterocycles. The van der Waals surface area contributed by atoms with Crippen LogP contribution in [-0.4, -0.2) is 17.7 Å². The van der Waals surface area contributed by atoms with Crippen LogP contribution in [0.5, 0.6) is 0 Å². The van der Waals surface area contributed by atoms with Crippen LogP contribution >= 0.6 is 0 Å². The van der Waals surface area contributed by atoms with E-state index in [4.69, 9.17) is 10.5 Å². The molecule has 2 rings (SSSR count). The number of benzene rings is 1. The van der Waals surface area contributed by atoms with E-state index in [1.54, 1.807) is 0 Å². The molecule has 1 heterocycles. The molecule has 0 atom stereocenters. The number of nitrogens with zero attached hydrogens (tertiary/aromatic N) is 7. The fraction of sp³-hybridized carbons (Fsp3) is 0.353. The summed E-state index contributed by atoms with van der Waals surface area (Å²) >= 11 is 0. The number of imidazole rings is 1. The van der Waals surface area contributed by atoms with Crippen LogP contribution in [0.15, 0.2) is 46.9 Å². The summed E-state index contributed by atoms with van der Waals surface area (Å²) in [5.74, 6) is 0.753. The Morgan fingerprint density at radius 3 is 2.21 bits per heavy atom. The van der Waals surface area contributed by atoms with Crippen LogP contribution < -0.4 is 9.47 Å². The summed E-state index contributed by atoms with van der Waals surface area (Å²) < 4.78 is 3.78. The normalized spacial score (nSPS) is 10.5. The van der Waals surface area contributed by atoms with Gasteiger partial charge < -0.3 is 4.90 Å². The van der Waals surface area contributed by atoms with Crippen molar-refractivity contribution in [1.82, 2.24) is 4.57 Å². The van der Waals surface area contributed by atoms with Gasteiger partial charge in [0.2, 0.25) is 0 Å². The van der Waals surface area contributed by atoms with Gasteiger partial charge in [0.15, 0.2) is 0 Å². The number of rotatable bonds is 7. The maximum atomic E-state index is 8.76. The summed E-state index contributed by atoms with van der Waals surface area (Å²) in [4.78, 5) is 2.03. The molecule has 122 valence electrons. The van der Waals surface area contributed by atoms with Crippen molar-refractivity contribution >= 4 is 17.3 Å².